The highest BCUT2D eigenvalue weighted by molar-refractivity contribution is 5.87. The molecule has 1 saturated heterocycles. The summed E-state index contributed by atoms with van der Waals surface area (Å²) in [5.74, 6) is 0.421. The largest absolute Gasteiger partial charge is 0.478 e. The summed E-state index contributed by atoms with van der Waals surface area (Å²) < 4.78 is 5.04. The minimum absolute atomic E-state index is 0.343. The second-order valence-corrected chi connectivity index (χ2v) is 6.89. The number of hydrogen-bond acceptors (Lipinski definition) is 5. The number of aromatic nitrogens is 2. The van der Waals surface area contributed by atoms with Gasteiger partial charge in [-0.15, -0.1) is 0 Å². The van der Waals surface area contributed by atoms with E-state index in [-0.39, 0.29) is 0 Å². The third-order valence-corrected chi connectivity index (χ3v) is 4.77. The maximum Gasteiger partial charge on any atom is 0.335 e. The number of piperidine rings is 1. The van der Waals surface area contributed by atoms with Crippen LogP contribution in [0.4, 0.5) is 0 Å². The Labute approximate surface area is 153 Å². The van der Waals surface area contributed by atoms with Gasteiger partial charge in [0.05, 0.1) is 5.56 Å². The highest BCUT2D eigenvalue weighted by Gasteiger charge is 2.20. The Bertz CT molecular complexity index is 716. The van der Waals surface area contributed by atoms with E-state index in [4.69, 9.17) is 9.84 Å². The number of carboxylic acids is 1. The van der Waals surface area contributed by atoms with Crippen molar-refractivity contribution in [1.29, 1.82) is 0 Å². The summed E-state index contributed by atoms with van der Waals surface area (Å²) in [6.07, 6.45) is 7.14. The number of methoxy groups -OCH3 is 1. The first-order chi connectivity index (χ1) is 12.6. The molecule has 0 spiro atoms. The van der Waals surface area contributed by atoms with Gasteiger partial charge >= 0.3 is 5.97 Å². The summed E-state index contributed by atoms with van der Waals surface area (Å²) in [4.78, 5) is 22.1. The zero-order valence-corrected chi connectivity index (χ0v) is 15.1. The molecule has 1 atom stereocenters. The Morgan fingerprint density at radius 1 is 1.23 bits per heavy atom. The molecule has 0 aliphatic carbocycles. The van der Waals surface area contributed by atoms with E-state index >= 15 is 0 Å². The summed E-state index contributed by atoms with van der Waals surface area (Å²) >= 11 is 0. The van der Waals surface area contributed by atoms with Crippen LogP contribution in [0.1, 0.15) is 40.2 Å². The van der Waals surface area contributed by atoms with Crippen LogP contribution in [0.3, 0.4) is 0 Å². The van der Waals surface area contributed by atoms with E-state index in [0.29, 0.717) is 23.9 Å². The first kappa shape index (κ1) is 18.5. The second-order valence-electron chi connectivity index (χ2n) is 6.89. The predicted octanol–water partition coefficient (Wildman–Crippen LogP) is 2.78. The molecule has 1 N–H and O–H groups in total. The van der Waals surface area contributed by atoms with Crippen molar-refractivity contribution in [1.82, 2.24) is 14.9 Å². The third kappa shape index (κ3) is 5.09. The molecule has 0 amide bonds. The van der Waals surface area contributed by atoms with Gasteiger partial charge in [0.25, 0.3) is 0 Å². The molecule has 2 heterocycles. The summed E-state index contributed by atoms with van der Waals surface area (Å²) in [5.41, 5.74) is 2.67. The molecule has 0 saturated carbocycles. The molecule has 1 aliphatic heterocycles. The highest BCUT2D eigenvalue weighted by atomic mass is 16.5. The molecule has 1 fully saturated rings. The van der Waals surface area contributed by atoms with E-state index in [2.05, 4.69) is 14.9 Å². The number of carboxylic acid groups (broad SMARTS) is 1. The lowest BCUT2D eigenvalue weighted by Crippen LogP contribution is -2.35. The van der Waals surface area contributed by atoms with Gasteiger partial charge in [0.15, 0.2) is 5.82 Å². The Morgan fingerprint density at radius 3 is 2.62 bits per heavy atom. The molecule has 0 bridgehead atoms. The highest BCUT2D eigenvalue weighted by Crippen LogP contribution is 2.22. The van der Waals surface area contributed by atoms with Gasteiger partial charge < -0.3 is 9.84 Å². The molecular weight excluding hydrogens is 330 g/mol. The van der Waals surface area contributed by atoms with Crippen molar-refractivity contribution in [2.45, 2.75) is 32.4 Å². The molecule has 1 unspecified atom stereocenters. The lowest BCUT2D eigenvalue weighted by atomic mass is 9.91. The first-order valence-electron chi connectivity index (χ1n) is 8.97. The smallest absolute Gasteiger partial charge is 0.335 e. The van der Waals surface area contributed by atoms with Gasteiger partial charge in [-0.25, -0.2) is 14.8 Å². The second kappa shape index (κ2) is 8.87. The molecule has 0 radical (unpaired) electrons. The van der Waals surface area contributed by atoms with Crippen LogP contribution in [0.2, 0.25) is 0 Å². The van der Waals surface area contributed by atoms with Crippen molar-refractivity contribution in [2.24, 2.45) is 5.92 Å². The zero-order valence-electron chi connectivity index (χ0n) is 15.1. The van der Waals surface area contributed by atoms with Crippen LogP contribution in [-0.4, -0.2) is 46.1 Å². The zero-order chi connectivity index (χ0) is 18.4. The summed E-state index contributed by atoms with van der Waals surface area (Å²) in [6, 6.07) is 7.25. The molecular formula is C20H25N3O3. The van der Waals surface area contributed by atoms with E-state index in [1.54, 1.807) is 19.2 Å². The molecule has 6 nitrogen and oxygen atoms in total. The minimum atomic E-state index is -0.876. The normalized spacial score (nSPS) is 18.0. The Hall–Kier alpha value is -2.31. The van der Waals surface area contributed by atoms with E-state index in [1.807, 2.05) is 24.5 Å². The number of likely N-dealkylation sites (tertiary alicyclic amines) is 1. The van der Waals surface area contributed by atoms with Crippen LogP contribution >= 0.6 is 0 Å². The van der Waals surface area contributed by atoms with Gasteiger partial charge in [-0.1, -0.05) is 12.1 Å². The first-order valence-corrected chi connectivity index (χ1v) is 8.97. The van der Waals surface area contributed by atoms with Crippen molar-refractivity contribution in [2.75, 3.05) is 20.2 Å². The molecule has 6 heteroatoms. The standard InChI is InChI=1S/C20H25N3O3/c1-26-14-19-21-10-17(11-22-19)13-23-8-2-3-16(12-23)9-15-4-6-18(7-5-15)20(24)25/h4-7,10-11,16H,2-3,8-9,12-14H2,1H3,(H,24,25). The van der Waals surface area contributed by atoms with Gasteiger partial charge in [0.2, 0.25) is 0 Å². The lowest BCUT2D eigenvalue weighted by molar-refractivity contribution is 0.0697. The predicted molar refractivity (Wildman–Crippen MR) is 97.9 cm³/mol. The number of benzene rings is 1. The summed E-state index contributed by atoms with van der Waals surface area (Å²) in [7, 11) is 1.64. The van der Waals surface area contributed by atoms with Crippen LogP contribution < -0.4 is 0 Å². The molecule has 1 aliphatic rings. The van der Waals surface area contributed by atoms with Crippen molar-refractivity contribution >= 4 is 5.97 Å². The fourth-order valence-corrected chi connectivity index (χ4v) is 3.50. The fraction of sp³-hybridized carbons (Fsp3) is 0.450. The molecule has 1 aromatic heterocycles. The van der Waals surface area contributed by atoms with Crippen LogP contribution in [0.15, 0.2) is 36.7 Å². The summed E-state index contributed by atoms with van der Waals surface area (Å²) in [5, 5.41) is 9.00. The summed E-state index contributed by atoms with van der Waals surface area (Å²) in [6.45, 7) is 3.43. The SMILES string of the molecule is COCc1ncc(CN2CCCC(Cc3ccc(C(=O)O)cc3)C2)cn1. The third-order valence-electron chi connectivity index (χ3n) is 4.77. The molecule has 138 valence electrons. The Balaban J connectivity index is 1.54. The number of nitrogens with zero attached hydrogens (tertiary/aromatic N) is 3. The van der Waals surface area contributed by atoms with Crippen LogP contribution in [0.5, 0.6) is 0 Å². The van der Waals surface area contributed by atoms with Gasteiger partial charge in [0.1, 0.15) is 6.61 Å². The number of carbonyl (C=O) groups is 1. The number of aromatic carboxylic acids is 1. The van der Waals surface area contributed by atoms with Crippen molar-refractivity contribution < 1.29 is 14.6 Å². The van der Waals surface area contributed by atoms with E-state index in [1.165, 1.54) is 18.4 Å². The van der Waals surface area contributed by atoms with Crippen LogP contribution in [-0.2, 0) is 24.3 Å². The number of hydrogen-bond donors (Lipinski definition) is 1. The molecule has 3 rings (SSSR count). The average molecular weight is 355 g/mol. The molecule has 2 aromatic rings. The number of rotatable bonds is 7. The van der Waals surface area contributed by atoms with Crippen molar-refractivity contribution in [3.8, 4) is 0 Å². The van der Waals surface area contributed by atoms with Gasteiger partial charge in [-0.2, -0.15) is 0 Å². The minimum Gasteiger partial charge on any atom is -0.478 e. The maximum absolute atomic E-state index is 11.0. The van der Waals surface area contributed by atoms with Gasteiger partial charge in [-0.05, 0) is 49.4 Å². The van der Waals surface area contributed by atoms with Gasteiger partial charge in [-0.3, -0.25) is 4.90 Å². The Kier molecular flexibility index (Phi) is 6.30. The van der Waals surface area contributed by atoms with Crippen LogP contribution in [0, 0.1) is 5.92 Å². The van der Waals surface area contributed by atoms with Crippen molar-refractivity contribution in [3.05, 3.63) is 59.2 Å². The monoisotopic (exact) mass is 355 g/mol. The van der Waals surface area contributed by atoms with Gasteiger partial charge in [0, 0.05) is 38.2 Å². The van der Waals surface area contributed by atoms with Crippen LogP contribution in [0.25, 0.3) is 0 Å². The van der Waals surface area contributed by atoms with E-state index < -0.39 is 5.97 Å². The molecule has 26 heavy (non-hydrogen) atoms. The van der Waals surface area contributed by atoms with Crippen molar-refractivity contribution in [3.63, 3.8) is 0 Å². The topological polar surface area (TPSA) is 75.5 Å². The average Bonchev–Trinajstić information content (AvgIpc) is 2.64. The van der Waals surface area contributed by atoms with E-state index in [9.17, 15) is 4.79 Å². The van der Waals surface area contributed by atoms with E-state index in [0.717, 1.165) is 31.6 Å². The quantitative estimate of drug-likeness (QED) is 0.823. The fourth-order valence-electron chi connectivity index (χ4n) is 3.50. The number of ether oxygens (including phenoxy) is 1. The lowest BCUT2D eigenvalue weighted by Gasteiger charge is -2.32. The Morgan fingerprint density at radius 2 is 1.96 bits per heavy atom. The maximum atomic E-state index is 11.0. The molecule has 1 aromatic carbocycles.